The molecule has 1 atom stereocenters. The number of fused-ring (bicyclic) bond motifs is 1. The molecule has 1 aromatic carbocycles. The Labute approximate surface area is 116 Å². The highest BCUT2D eigenvalue weighted by atomic mass is 16.1. The lowest BCUT2D eigenvalue weighted by atomic mass is 9.91. The minimum absolute atomic E-state index is 0.175. The van der Waals surface area contributed by atoms with Crippen LogP contribution in [0.25, 0.3) is 11.0 Å². The van der Waals surface area contributed by atoms with Crippen molar-refractivity contribution in [2.24, 2.45) is 0 Å². The van der Waals surface area contributed by atoms with Gasteiger partial charge in [-0.1, -0.05) is 6.07 Å². The van der Waals surface area contributed by atoms with Crippen LogP contribution in [0.15, 0.2) is 47.5 Å². The molecule has 0 aliphatic heterocycles. The first-order valence-corrected chi connectivity index (χ1v) is 6.54. The predicted octanol–water partition coefficient (Wildman–Crippen LogP) is 1.60. The Morgan fingerprint density at radius 3 is 2.60 bits per heavy atom. The molecule has 20 heavy (non-hydrogen) atoms. The number of aromatic nitrogens is 3. The van der Waals surface area contributed by atoms with E-state index in [1.807, 2.05) is 31.3 Å². The molecular weight excluding hydrogens is 252 g/mol. The number of imidazole rings is 1. The zero-order valence-electron chi connectivity index (χ0n) is 11.2. The van der Waals surface area contributed by atoms with E-state index >= 15 is 0 Å². The number of rotatable bonds is 4. The van der Waals surface area contributed by atoms with E-state index in [1.54, 1.807) is 12.4 Å². The molecule has 0 saturated heterocycles. The fourth-order valence-electron chi connectivity index (χ4n) is 2.49. The summed E-state index contributed by atoms with van der Waals surface area (Å²) in [7, 11) is 1.94. The Hall–Kier alpha value is -2.40. The van der Waals surface area contributed by atoms with Gasteiger partial charge in [0.15, 0.2) is 0 Å². The maximum atomic E-state index is 11.3. The molecule has 0 aliphatic rings. The number of likely N-dealkylation sites (N-methyl/N-ethyl adjacent to an activating group) is 1. The van der Waals surface area contributed by atoms with Gasteiger partial charge < -0.3 is 15.3 Å². The molecule has 3 aromatic rings. The Morgan fingerprint density at radius 2 is 1.85 bits per heavy atom. The van der Waals surface area contributed by atoms with Crippen LogP contribution in [0, 0.1) is 0 Å². The van der Waals surface area contributed by atoms with Gasteiger partial charge in [0.2, 0.25) is 0 Å². The second kappa shape index (κ2) is 5.30. The van der Waals surface area contributed by atoms with Gasteiger partial charge in [0, 0.05) is 24.9 Å². The van der Waals surface area contributed by atoms with E-state index in [9.17, 15) is 4.79 Å². The third-order valence-electron chi connectivity index (χ3n) is 3.46. The highest BCUT2D eigenvalue weighted by Crippen LogP contribution is 2.25. The molecule has 0 amide bonds. The number of benzene rings is 1. The summed E-state index contributed by atoms with van der Waals surface area (Å²) in [5, 5.41) is 3.22. The van der Waals surface area contributed by atoms with E-state index in [0.29, 0.717) is 0 Å². The van der Waals surface area contributed by atoms with Gasteiger partial charge >= 0.3 is 5.69 Å². The molecule has 0 aliphatic carbocycles. The highest BCUT2D eigenvalue weighted by molar-refractivity contribution is 5.75. The van der Waals surface area contributed by atoms with E-state index < -0.39 is 0 Å². The Morgan fingerprint density at radius 1 is 1.10 bits per heavy atom. The van der Waals surface area contributed by atoms with Crippen molar-refractivity contribution in [2.45, 2.75) is 5.92 Å². The lowest BCUT2D eigenvalue weighted by molar-refractivity contribution is 0.708. The third kappa shape index (κ3) is 2.35. The van der Waals surface area contributed by atoms with Gasteiger partial charge in [-0.15, -0.1) is 0 Å². The number of nitrogens with one attached hydrogen (secondary N) is 3. The maximum Gasteiger partial charge on any atom is 0.323 e. The second-order valence-corrected chi connectivity index (χ2v) is 4.77. The monoisotopic (exact) mass is 268 g/mol. The molecule has 5 heteroatoms. The minimum Gasteiger partial charge on any atom is -0.319 e. The molecule has 2 heterocycles. The van der Waals surface area contributed by atoms with Crippen LogP contribution in [-0.4, -0.2) is 28.5 Å². The topological polar surface area (TPSA) is 73.6 Å². The number of aromatic amines is 2. The van der Waals surface area contributed by atoms with Crippen molar-refractivity contribution in [3.05, 3.63) is 64.3 Å². The molecule has 3 N–H and O–H groups in total. The van der Waals surface area contributed by atoms with Crippen LogP contribution in [0.2, 0.25) is 0 Å². The van der Waals surface area contributed by atoms with Crippen LogP contribution in [0.5, 0.6) is 0 Å². The number of hydrogen-bond acceptors (Lipinski definition) is 3. The fraction of sp³-hybridized carbons (Fsp3) is 0.200. The van der Waals surface area contributed by atoms with E-state index in [0.717, 1.165) is 23.1 Å². The summed E-state index contributed by atoms with van der Waals surface area (Å²) in [6.45, 7) is 0.824. The van der Waals surface area contributed by atoms with Crippen LogP contribution in [-0.2, 0) is 0 Å². The standard InChI is InChI=1S/C15H16N4O/c1-16-9-12(10-4-6-17-7-5-10)11-2-3-13-14(8-11)19-15(20)18-13/h2-8,12,16H,9H2,1H3,(H2,18,19,20). The lowest BCUT2D eigenvalue weighted by Crippen LogP contribution is -2.18. The van der Waals surface area contributed by atoms with E-state index in [2.05, 4.69) is 26.3 Å². The number of H-pyrrole nitrogens is 2. The van der Waals surface area contributed by atoms with Crippen LogP contribution in [0.1, 0.15) is 17.0 Å². The summed E-state index contributed by atoms with van der Waals surface area (Å²) in [5.41, 5.74) is 3.85. The van der Waals surface area contributed by atoms with Gasteiger partial charge in [-0.2, -0.15) is 0 Å². The average Bonchev–Trinajstić information content (AvgIpc) is 2.84. The van der Waals surface area contributed by atoms with Gasteiger partial charge in [-0.3, -0.25) is 4.98 Å². The van der Waals surface area contributed by atoms with Crippen LogP contribution in [0.3, 0.4) is 0 Å². The molecule has 2 aromatic heterocycles. The van der Waals surface area contributed by atoms with Gasteiger partial charge in [-0.05, 0) is 42.4 Å². The van der Waals surface area contributed by atoms with Crippen molar-refractivity contribution in [3.8, 4) is 0 Å². The van der Waals surface area contributed by atoms with Crippen molar-refractivity contribution < 1.29 is 0 Å². The Kier molecular flexibility index (Phi) is 3.35. The Bertz CT molecular complexity index is 760. The quantitative estimate of drug-likeness (QED) is 0.673. The zero-order chi connectivity index (χ0) is 13.9. The highest BCUT2D eigenvalue weighted by Gasteiger charge is 2.14. The van der Waals surface area contributed by atoms with Crippen LogP contribution < -0.4 is 11.0 Å². The summed E-state index contributed by atoms with van der Waals surface area (Å²) in [4.78, 5) is 21.0. The number of pyridine rings is 1. The minimum atomic E-state index is -0.175. The van der Waals surface area contributed by atoms with E-state index in [-0.39, 0.29) is 11.6 Å². The first kappa shape index (κ1) is 12.6. The van der Waals surface area contributed by atoms with Gasteiger partial charge in [0.25, 0.3) is 0 Å². The summed E-state index contributed by atoms with van der Waals surface area (Å²) < 4.78 is 0. The van der Waals surface area contributed by atoms with Crippen molar-refractivity contribution in [1.29, 1.82) is 0 Å². The first-order chi connectivity index (χ1) is 9.78. The normalized spacial score (nSPS) is 12.7. The maximum absolute atomic E-state index is 11.3. The van der Waals surface area contributed by atoms with Crippen molar-refractivity contribution in [1.82, 2.24) is 20.3 Å². The summed E-state index contributed by atoms with van der Waals surface area (Å²) >= 11 is 0. The Balaban J connectivity index is 2.07. The number of hydrogen-bond donors (Lipinski definition) is 3. The van der Waals surface area contributed by atoms with Crippen LogP contribution >= 0.6 is 0 Å². The SMILES string of the molecule is CNCC(c1ccncc1)c1ccc2[nH]c(=O)[nH]c2c1. The number of nitrogens with zero attached hydrogens (tertiary/aromatic N) is 1. The molecule has 3 rings (SSSR count). The van der Waals surface area contributed by atoms with Gasteiger partial charge in [0.1, 0.15) is 0 Å². The molecule has 102 valence electrons. The molecule has 0 fully saturated rings. The smallest absolute Gasteiger partial charge is 0.319 e. The molecule has 0 spiro atoms. The fourth-order valence-corrected chi connectivity index (χ4v) is 2.49. The largest absolute Gasteiger partial charge is 0.323 e. The van der Waals surface area contributed by atoms with E-state index in [4.69, 9.17) is 0 Å². The van der Waals surface area contributed by atoms with Gasteiger partial charge in [-0.25, -0.2) is 4.79 Å². The predicted molar refractivity (Wildman–Crippen MR) is 78.9 cm³/mol. The zero-order valence-corrected chi connectivity index (χ0v) is 11.2. The third-order valence-corrected chi connectivity index (χ3v) is 3.46. The summed E-state index contributed by atoms with van der Waals surface area (Å²) in [6.07, 6.45) is 3.60. The molecular formula is C15H16N4O. The molecule has 0 bridgehead atoms. The summed E-state index contributed by atoms with van der Waals surface area (Å²) in [5.74, 6) is 0.228. The summed E-state index contributed by atoms with van der Waals surface area (Å²) in [6, 6.07) is 10.1. The van der Waals surface area contributed by atoms with Crippen molar-refractivity contribution >= 4 is 11.0 Å². The lowest BCUT2D eigenvalue weighted by Gasteiger charge is -2.17. The van der Waals surface area contributed by atoms with Gasteiger partial charge in [0.05, 0.1) is 11.0 Å². The second-order valence-electron chi connectivity index (χ2n) is 4.77. The van der Waals surface area contributed by atoms with Crippen molar-refractivity contribution in [3.63, 3.8) is 0 Å². The molecule has 0 radical (unpaired) electrons. The average molecular weight is 268 g/mol. The van der Waals surface area contributed by atoms with E-state index in [1.165, 1.54) is 5.56 Å². The molecule has 1 unspecified atom stereocenters. The van der Waals surface area contributed by atoms with Crippen molar-refractivity contribution in [2.75, 3.05) is 13.6 Å². The first-order valence-electron chi connectivity index (χ1n) is 6.54. The molecule has 0 saturated carbocycles. The van der Waals surface area contributed by atoms with Crippen LogP contribution in [0.4, 0.5) is 0 Å². The molecule has 5 nitrogen and oxygen atoms in total.